The number of aliphatic hydroxyl groups is 1. The first-order valence-corrected chi connectivity index (χ1v) is 8.91. The van der Waals surface area contributed by atoms with E-state index in [0.717, 1.165) is 36.8 Å². The number of fused-ring (bicyclic) bond motifs is 3. The molecule has 5 nitrogen and oxygen atoms in total. The number of carboxylic acid groups (broad SMARTS) is 1. The summed E-state index contributed by atoms with van der Waals surface area (Å²) in [4.78, 5) is 11.0. The third-order valence-electron chi connectivity index (χ3n) is 6.31. The Kier molecular flexibility index (Phi) is 6.64. The van der Waals surface area contributed by atoms with Gasteiger partial charge >= 0.3 is 29.6 Å². The first kappa shape index (κ1) is 21.9. The fourth-order valence-electron chi connectivity index (χ4n) is 4.26. The SMILES string of the molecule is COC12CCC(c3ccc(COC(C)(C)C(=O)[O-])cc3)(CC1)C(O)C2.[Na+]. The number of carbonyl (C=O) groups excluding carboxylic acids is 1. The number of ether oxygens (including phenoxy) is 2. The van der Waals surface area contributed by atoms with E-state index in [1.807, 2.05) is 24.3 Å². The van der Waals surface area contributed by atoms with Crippen LogP contribution < -0.4 is 34.7 Å². The predicted molar refractivity (Wildman–Crippen MR) is 90.8 cm³/mol. The molecule has 0 heterocycles. The van der Waals surface area contributed by atoms with Crippen molar-refractivity contribution in [3.05, 3.63) is 35.4 Å². The third-order valence-corrected chi connectivity index (χ3v) is 6.31. The van der Waals surface area contributed by atoms with Gasteiger partial charge < -0.3 is 24.5 Å². The zero-order chi connectivity index (χ0) is 18.3. The number of carboxylic acids is 1. The molecule has 3 saturated carbocycles. The number of carbonyl (C=O) groups is 1. The molecular weight excluding hydrogens is 343 g/mol. The van der Waals surface area contributed by atoms with Crippen molar-refractivity contribution in [2.45, 2.75) is 75.3 Å². The quantitative estimate of drug-likeness (QED) is 0.630. The van der Waals surface area contributed by atoms with Gasteiger partial charge in [-0.15, -0.1) is 0 Å². The van der Waals surface area contributed by atoms with Gasteiger partial charge in [0.05, 0.1) is 24.3 Å². The number of rotatable bonds is 6. The molecule has 1 N–H and O–H groups in total. The van der Waals surface area contributed by atoms with Crippen molar-refractivity contribution in [2.24, 2.45) is 0 Å². The normalized spacial score (nSPS) is 30.7. The minimum Gasteiger partial charge on any atom is -0.547 e. The maximum absolute atomic E-state index is 11.0. The van der Waals surface area contributed by atoms with E-state index in [2.05, 4.69) is 0 Å². The molecule has 0 saturated heterocycles. The van der Waals surface area contributed by atoms with E-state index in [1.54, 1.807) is 7.11 Å². The number of hydrogen-bond acceptors (Lipinski definition) is 5. The van der Waals surface area contributed by atoms with Gasteiger partial charge in [0.25, 0.3) is 0 Å². The summed E-state index contributed by atoms with van der Waals surface area (Å²) in [5.74, 6) is -1.22. The Bertz CT molecular complexity index is 632. The van der Waals surface area contributed by atoms with Crippen molar-refractivity contribution in [3.63, 3.8) is 0 Å². The van der Waals surface area contributed by atoms with Crippen molar-refractivity contribution in [2.75, 3.05) is 7.11 Å². The molecule has 138 valence electrons. The van der Waals surface area contributed by atoms with E-state index in [1.165, 1.54) is 13.8 Å². The fraction of sp³-hybridized carbons (Fsp3) is 0.650. The van der Waals surface area contributed by atoms with Crippen LogP contribution in [-0.4, -0.2) is 35.5 Å². The van der Waals surface area contributed by atoms with Crippen LogP contribution in [0.25, 0.3) is 0 Å². The van der Waals surface area contributed by atoms with Crippen molar-refractivity contribution in [3.8, 4) is 0 Å². The minimum absolute atomic E-state index is 0. The Hall–Kier alpha value is -0.430. The smallest absolute Gasteiger partial charge is 0.547 e. The van der Waals surface area contributed by atoms with E-state index >= 15 is 0 Å². The zero-order valence-corrected chi connectivity index (χ0v) is 18.2. The molecule has 3 aliphatic rings. The van der Waals surface area contributed by atoms with Gasteiger partial charge in [-0.05, 0) is 50.7 Å². The van der Waals surface area contributed by atoms with Crippen molar-refractivity contribution in [1.82, 2.24) is 0 Å². The second-order valence-corrected chi connectivity index (χ2v) is 8.05. The fourth-order valence-corrected chi connectivity index (χ4v) is 4.26. The maximum atomic E-state index is 11.0. The predicted octanol–water partition coefficient (Wildman–Crippen LogP) is -1.30. The van der Waals surface area contributed by atoms with Gasteiger partial charge in [-0.1, -0.05) is 24.3 Å². The first-order valence-electron chi connectivity index (χ1n) is 8.91. The molecule has 3 aliphatic carbocycles. The van der Waals surface area contributed by atoms with Crippen LogP contribution in [-0.2, 0) is 26.3 Å². The summed E-state index contributed by atoms with van der Waals surface area (Å²) >= 11 is 0. The first-order chi connectivity index (χ1) is 11.7. The van der Waals surface area contributed by atoms with Crippen molar-refractivity contribution in [1.29, 1.82) is 0 Å². The average molecular weight is 370 g/mol. The van der Waals surface area contributed by atoms with Gasteiger partial charge in [-0.2, -0.15) is 0 Å². The Balaban J connectivity index is 0.00000243. The standard InChI is InChI=1S/C20H28O5.Na/c1-18(2,17(22)23)25-13-14-4-6-15(7-5-14)20-10-8-19(24-3,9-11-20)12-16(20)21;/h4-7,16,21H,8-13H2,1-3H3,(H,22,23);/q;+1/p-1. The molecule has 0 aromatic heterocycles. The Morgan fingerprint density at radius 3 is 2.27 bits per heavy atom. The molecular formula is C20H27NaO5. The number of methoxy groups -OCH3 is 1. The molecule has 1 atom stereocenters. The monoisotopic (exact) mass is 370 g/mol. The zero-order valence-electron chi connectivity index (χ0n) is 16.2. The Morgan fingerprint density at radius 1 is 1.23 bits per heavy atom. The van der Waals surface area contributed by atoms with E-state index < -0.39 is 17.7 Å². The molecule has 1 unspecified atom stereocenters. The Labute approximate surface area is 177 Å². The summed E-state index contributed by atoms with van der Waals surface area (Å²) < 4.78 is 11.1. The number of benzene rings is 1. The third kappa shape index (κ3) is 3.89. The molecule has 2 bridgehead atoms. The maximum Gasteiger partial charge on any atom is 1.00 e. The molecule has 1 aromatic rings. The van der Waals surface area contributed by atoms with Crippen molar-refractivity contribution >= 4 is 5.97 Å². The average Bonchev–Trinajstić information content (AvgIpc) is 2.61. The van der Waals surface area contributed by atoms with Crippen LogP contribution in [0.2, 0.25) is 0 Å². The van der Waals surface area contributed by atoms with Gasteiger partial charge in [0.1, 0.15) is 5.60 Å². The van der Waals surface area contributed by atoms with Crippen LogP contribution in [0.15, 0.2) is 24.3 Å². The topological polar surface area (TPSA) is 78.8 Å². The Morgan fingerprint density at radius 2 is 1.81 bits per heavy atom. The molecule has 6 heteroatoms. The van der Waals surface area contributed by atoms with Gasteiger partial charge in [0.2, 0.25) is 0 Å². The van der Waals surface area contributed by atoms with Crippen LogP contribution in [0, 0.1) is 0 Å². The van der Waals surface area contributed by atoms with Crippen LogP contribution >= 0.6 is 0 Å². The van der Waals surface area contributed by atoms with Crippen LogP contribution in [0.4, 0.5) is 0 Å². The summed E-state index contributed by atoms with van der Waals surface area (Å²) in [6.45, 7) is 3.18. The minimum atomic E-state index is -1.32. The van der Waals surface area contributed by atoms with E-state index in [9.17, 15) is 15.0 Å². The summed E-state index contributed by atoms with van der Waals surface area (Å²) in [6.07, 6.45) is 4.10. The van der Waals surface area contributed by atoms with Crippen molar-refractivity contribution < 1.29 is 54.0 Å². The summed E-state index contributed by atoms with van der Waals surface area (Å²) in [6, 6.07) is 7.99. The molecule has 3 fully saturated rings. The summed E-state index contributed by atoms with van der Waals surface area (Å²) in [5.41, 5.74) is 0.396. The molecule has 0 radical (unpaired) electrons. The molecule has 0 spiro atoms. The molecule has 26 heavy (non-hydrogen) atoms. The number of aliphatic carboxylic acids is 1. The number of aliphatic hydroxyl groups excluding tert-OH is 1. The van der Waals surface area contributed by atoms with Gasteiger partial charge in [0, 0.05) is 18.9 Å². The summed E-state index contributed by atoms with van der Waals surface area (Å²) in [7, 11) is 1.74. The van der Waals surface area contributed by atoms with E-state index in [-0.39, 0.29) is 47.2 Å². The van der Waals surface area contributed by atoms with Gasteiger partial charge in [-0.3, -0.25) is 0 Å². The second-order valence-electron chi connectivity index (χ2n) is 8.05. The molecule has 0 aliphatic heterocycles. The molecule has 4 rings (SSSR count). The molecule has 0 amide bonds. The van der Waals surface area contributed by atoms with Gasteiger partial charge in [0.15, 0.2) is 0 Å². The molecule has 1 aromatic carbocycles. The van der Waals surface area contributed by atoms with Crippen LogP contribution in [0.1, 0.15) is 57.1 Å². The van der Waals surface area contributed by atoms with Crippen LogP contribution in [0.5, 0.6) is 0 Å². The van der Waals surface area contributed by atoms with Gasteiger partial charge in [-0.25, -0.2) is 0 Å². The van der Waals surface area contributed by atoms with E-state index in [4.69, 9.17) is 9.47 Å². The van der Waals surface area contributed by atoms with Crippen LogP contribution in [0.3, 0.4) is 0 Å². The second kappa shape index (κ2) is 7.90. The largest absolute Gasteiger partial charge is 1.00 e. The summed E-state index contributed by atoms with van der Waals surface area (Å²) in [5, 5.41) is 21.8. The van der Waals surface area contributed by atoms with E-state index in [0.29, 0.717) is 6.42 Å². The number of hydrogen-bond donors (Lipinski definition) is 1.